The second-order valence-corrected chi connectivity index (χ2v) is 6.54. The van der Waals surface area contributed by atoms with Gasteiger partial charge in [0.1, 0.15) is 11.6 Å². The van der Waals surface area contributed by atoms with Crippen molar-refractivity contribution in [3.8, 4) is 11.8 Å². The van der Waals surface area contributed by atoms with Gasteiger partial charge in [0.25, 0.3) is 5.91 Å². The molecule has 0 unspecified atom stereocenters. The third-order valence-electron chi connectivity index (χ3n) is 4.16. The van der Waals surface area contributed by atoms with Crippen LogP contribution in [0.2, 0.25) is 5.02 Å². The first kappa shape index (κ1) is 18.4. The number of carbonyl (C=O) groups is 1. The molecular weight excluding hydrogens is 358 g/mol. The highest BCUT2D eigenvalue weighted by Crippen LogP contribution is 2.13. The molecule has 0 spiro atoms. The molecule has 134 valence electrons. The van der Waals surface area contributed by atoms with E-state index in [1.54, 1.807) is 4.90 Å². The summed E-state index contributed by atoms with van der Waals surface area (Å²) in [6, 6.07) is 10.7. The summed E-state index contributed by atoms with van der Waals surface area (Å²) >= 11 is 5.89. The van der Waals surface area contributed by atoms with Crippen LogP contribution in [0.15, 0.2) is 42.5 Å². The summed E-state index contributed by atoms with van der Waals surface area (Å²) in [4.78, 5) is 16.1. The van der Waals surface area contributed by atoms with Gasteiger partial charge in [-0.2, -0.15) is 0 Å². The molecule has 2 aromatic carbocycles. The topological polar surface area (TPSA) is 23.6 Å². The molecule has 1 aliphatic heterocycles. The molecule has 0 radical (unpaired) electrons. The third-order valence-corrected chi connectivity index (χ3v) is 4.41. The van der Waals surface area contributed by atoms with Crippen LogP contribution in [0.1, 0.15) is 11.1 Å². The lowest BCUT2D eigenvalue weighted by molar-refractivity contribution is -0.126. The minimum atomic E-state index is -0.711. The molecule has 3 nitrogen and oxygen atoms in total. The first-order valence-corrected chi connectivity index (χ1v) is 8.61. The Morgan fingerprint density at radius 1 is 1.00 bits per heavy atom. The second-order valence-electron chi connectivity index (χ2n) is 6.10. The molecule has 6 heteroatoms. The number of piperazine rings is 1. The molecule has 0 bridgehead atoms. The summed E-state index contributed by atoms with van der Waals surface area (Å²) in [6.45, 7) is 3.42. The van der Waals surface area contributed by atoms with Gasteiger partial charge >= 0.3 is 0 Å². The van der Waals surface area contributed by atoms with E-state index in [4.69, 9.17) is 11.6 Å². The van der Waals surface area contributed by atoms with E-state index in [0.717, 1.165) is 37.8 Å². The number of hydrogen-bond acceptors (Lipinski definition) is 2. The van der Waals surface area contributed by atoms with Crippen LogP contribution in [-0.2, 0) is 11.3 Å². The van der Waals surface area contributed by atoms with Crippen molar-refractivity contribution in [1.82, 2.24) is 9.80 Å². The van der Waals surface area contributed by atoms with E-state index in [1.807, 2.05) is 24.3 Å². The zero-order valence-electron chi connectivity index (χ0n) is 14.0. The van der Waals surface area contributed by atoms with E-state index in [0.29, 0.717) is 18.1 Å². The molecule has 0 aromatic heterocycles. The zero-order valence-corrected chi connectivity index (χ0v) is 14.8. The molecule has 0 N–H and O–H groups in total. The Kier molecular flexibility index (Phi) is 5.87. The monoisotopic (exact) mass is 374 g/mol. The molecule has 0 aliphatic carbocycles. The lowest BCUT2D eigenvalue weighted by Gasteiger charge is -2.33. The third kappa shape index (κ3) is 5.04. The lowest BCUT2D eigenvalue weighted by atomic mass is 10.2. The maximum Gasteiger partial charge on any atom is 0.298 e. The Morgan fingerprint density at radius 3 is 2.23 bits per heavy atom. The average Bonchev–Trinajstić information content (AvgIpc) is 2.61. The van der Waals surface area contributed by atoms with Gasteiger partial charge in [-0.3, -0.25) is 9.69 Å². The van der Waals surface area contributed by atoms with Crippen LogP contribution in [0.4, 0.5) is 8.78 Å². The second kappa shape index (κ2) is 8.31. The van der Waals surface area contributed by atoms with Crippen molar-refractivity contribution < 1.29 is 13.6 Å². The normalized spacial score (nSPS) is 14.7. The van der Waals surface area contributed by atoms with Gasteiger partial charge in [0, 0.05) is 55.3 Å². The molecule has 1 saturated heterocycles. The van der Waals surface area contributed by atoms with Gasteiger partial charge in [-0.25, -0.2) is 8.78 Å². The molecule has 26 heavy (non-hydrogen) atoms. The largest absolute Gasteiger partial charge is 0.329 e. The number of benzene rings is 2. The minimum absolute atomic E-state index is 0.150. The maximum absolute atomic E-state index is 13.1. The van der Waals surface area contributed by atoms with Crippen molar-refractivity contribution in [3.05, 3.63) is 70.2 Å². The molecule has 1 heterocycles. The summed E-state index contributed by atoms with van der Waals surface area (Å²) < 4.78 is 26.3. The SMILES string of the molecule is O=C(C#Cc1cc(F)cc(F)c1)N1CCN(Cc2ccc(Cl)cc2)CC1. The predicted octanol–water partition coefficient (Wildman–Crippen LogP) is 3.31. The van der Waals surface area contributed by atoms with Gasteiger partial charge in [-0.05, 0) is 29.8 Å². The van der Waals surface area contributed by atoms with E-state index in [9.17, 15) is 13.6 Å². The van der Waals surface area contributed by atoms with Crippen LogP contribution in [0.5, 0.6) is 0 Å². The van der Waals surface area contributed by atoms with Gasteiger partial charge in [-0.1, -0.05) is 29.7 Å². The van der Waals surface area contributed by atoms with Crippen molar-refractivity contribution >= 4 is 17.5 Å². The van der Waals surface area contributed by atoms with Crippen molar-refractivity contribution in [1.29, 1.82) is 0 Å². The summed E-state index contributed by atoms with van der Waals surface area (Å²) in [5, 5.41) is 0.709. The van der Waals surface area contributed by atoms with Crippen molar-refractivity contribution in [2.75, 3.05) is 26.2 Å². The first-order valence-electron chi connectivity index (χ1n) is 8.23. The number of hydrogen-bond donors (Lipinski definition) is 0. The quantitative estimate of drug-likeness (QED) is 0.753. The van der Waals surface area contributed by atoms with E-state index in [-0.39, 0.29) is 11.5 Å². The van der Waals surface area contributed by atoms with Gasteiger partial charge in [0.15, 0.2) is 0 Å². The fourth-order valence-electron chi connectivity index (χ4n) is 2.79. The van der Waals surface area contributed by atoms with Gasteiger partial charge in [0.05, 0.1) is 0 Å². The van der Waals surface area contributed by atoms with E-state index < -0.39 is 11.6 Å². The van der Waals surface area contributed by atoms with E-state index in [2.05, 4.69) is 16.7 Å². The van der Waals surface area contributed by atoms with Crippen LogP contribution >= 0.6 is 11.6 Å². The molecule has 1 fully saturated rings. The minimum Gasteiger partial charge on any atom is -0.329 e. The predicted molar refractivity (Wildman–Crippen MR) is 96.5 cm³/mol. The lowest BCUT2D eigenvalue weighted by Crippen LogP contribution is -2.47. The Balaban J connectivity index is 1.53. The maximum atomic E-state index is 13.1. The average molecular weight is 375 g/mol. The number of nitrogens with zero attached hydrogens (tertiary/aromatic N) is 2. The first-order chi connectivity index (χ1) is 12.5. The smallest absolute Gasteiger partial charge is 0.298 e. The Bertz CT molecular complexity index is 830. The highest BCUT2D eigenvalue weighted by molar-refractivity contribution is 6.30. The Labute approximate surface area is 156 Å². The number of halogens is 3. The summed E-state index contributed by atoms with van der Waals surface area (Å²) in [7, 11) is 0. The van der Waals surface area contributed by atoms with Gasteiger partial charge in [-0.15, -0.1) is 0 Å². The van der Waals surface area contributed by atoms with E-state index >= 15 is 0 Å². The van der Waals surface area contributed by atoms with Gasteiger partial charge in [0.2, 0.25) is 0 Å². The molecule has 0 atom stereocenters. The Hall–Kier alpha value is -2.42. The highest BCUT2D eigenvalue weighted by Gasteiger charge is 2.19. The summed E-state index contributed by atoms with van der Waals surface area (Å²) in [6.07, 6.45) is 0. The molecule has 1 amide bonds. The molecule has 0 saturated carbocycles. The molecule has 1 aliphatic rings. The van der Waals surface area contributed by atoms with Crippen LogP contribution in [0.25, 0.3) is 0 Å². The summed E-state index contributed by atoms with van der Waals surface area (Å²) in [5.74, 6) is 3.24. The van der Waals surface area contributed by atoms with Crippen molar-refractivity contribution in [2.24, 2.45) is 0 Å². The fourth-order valence-corrected chi connectivity index (χ4v) is 2.91. The number of carbonyl (C=O) groups excluding carboxylic acids is 1. The standard InChI is InChI=1S/C20H17ClF2N2O/c21-17-4-1-15(2-5-17)14-24-7-9-25(10-8-24)20(26)6-3-16-11-18(22)13-19(23)12-16/h1-2,4-5,11-13H,7-10,14H2. The molecular formula is C20H17ClF2N2O. The fraction of sp³-hybridized carbons (Fsp3) is 0.250. The van der Waals surface area contributed by atoms with Gasteiger partial charge < -0.3 is 4.90 Å². The van der Waals surface area contributed by atoms with Crippen LogP contribution < -0.4 is 0 Å². The molecule has 3 rings (SSSR count). The highest BCUT2D eigenvalue weighted by atomic mass is 35.5. The van der Waals surface area contributed by atoms with Crippen LogP contribution in [0, 0.1) is 23.5 Å². The zero-order chi connectivity index (χ0) is 18.5. The van der Waals surface area contributed by atoms with E-state index in [1.165, 1.54) is 5.56 Å². The van der Waals surface area contributed by atoms with Crippen LogP contribution in [-0.4, -0.2) is 41.9 Å². The van der Waals surface area contributed by atoms with Crippen molar-refractivity contribution in [3.63, 3.8) is 0 Å². The summed E-state index contributed by atoms with van der Waals surface area (Å²) in [5.41, 5.74) is 1.32. The number of amides is 1. The number of rotatable bonds is 2. The Morgan fingerprint density at radius 2 is 1.62 bits per heavy atom. The molecule has 2 aromatic rings. The van der Waals surface area contributed by atoms with Crippen molar-refractivity contribution in [2.45, 2.75) is 6.54 Å². The van der Waals surface area contributed by atoms with Crippen LogP contribution in [0.3, 0.4) is 0 Å².